The summed E-state index contributed by atoms with van der Waals surface area (Å²) in [6, 6.07) is 16.1. The largest absolute Gasteiger partial charge is 0.497 e. The molecule has 0 saturated carbocycles. The first-order chi connectivity index (χ1) is 11.1. The van der Waals surface area contributed by atoms with E-state index in [0.717, 1.165) is 10.6 Å². The fourth-order valence-electron chi connectivity index (χ4n) is 1.79. The molecule has 23 heavy (non-hydrogen) atoms. The Morgan fingerprint density at radius 3 is 2.26 bits per heavy atom. The van der Waals surface area contributed by atoms with Crippen LogP contribution in [-0.4, -0.2) is 24.2 Å². The minimum Gasteiger partial charge on any atom is -0.497 e. The van der Waals surface area contributed by atoms with Crippen molar-refractivity contribution in [2.24, 2.45) is 0 Å². The van der Waals surface area contributed by atoms with Crippen molar-refractivity contribution >= 4 is 23.6 Å². The lowest BCUT2D eigenvalue weighted by Gasteiger charge is -2.13. The van der Waals surface area contributed by atoms with Crippen LogP contribution in [0.4, 0.5) is 0 Å². The summed E-state index contributed by atoms with van der Waals surface area (Å²) in [4.78, 5) is 24.8. The second kappa shape index (κ2) is 8.24. The molecule has 0 aliphatic carbocycles. The zero-order valence-corrected chi connectivity index (χ0v) is 13.7. The van der Waals surface area contributed by atoms with Gasteiger partial charge in [-0.1, -0.05) is 18.2 Å². The number of rotatable bonds is 5. The van der Waals surface area contributed by atoms with Crippen LogP contribution >= 0.6 is 11.8 Å². The lowest BCUT2D eigenvalue weighted by Crippen LogP contribution is -2.44. The molecule has 0 spiro atoms. The molecule has 0 saturated heterocycles. The van der Waals surface area contributed by atoms with E-state index in [4.69, 9.17) is 4.74 Å². The molecule has 1 unspecified atom stereocenters. The van der Waals surface area contributed by atoms with Gasteiger partial charge < -0.3 is 4.74 Å². The molecule has 0 aliphatic heterocycles. The van der Waals surface area contributed by atoms with Crippen molar-refractivity contribution in [2.75, 3.05) is 7.11 Å². The summed E-state index contributed by atoms with van der Waals surface area (Å²) in [5, 5.41) is -0.348. The summed E-state index contributed by atoms with van der Waals surface area (Å²) in [5.74, 6) is 0.150. The van der Waals surface area contributed by atoms with Gasteiger partial charge in [-0.15, -0.1) is 11.8 Å². The molecule has 1 atom stereocenters. The van der Waals surface area contributed by atoms with Gasteiger partial charge in [0.1, 0.15) is 5.75 Å². The van der Waals surface area contributed by atoms with Crippen molar-refractivity contribution in [2.45, 2.75) is 17.1 Å². The predicted octanol–water partition coefficient (Wildman–Crippen LogP) is 2.64. The molecule has 0 radical (unpaired) electrons. The highest BCUT2D eigenvalue weighted by molar-refractivity contribution is 8.00. The number of ether oxygens (including phenoxy) is 1. The number of hydrazine groups is 1. The Labute approximate surface area is 139 Å². The van der Waals surface area contributed by atoms with Crippen LogP contribution in [0.2, 0.25) is 0 Å². The van der Waals surface area contributed by atoms with Gasteiger partial charge in [0.25, 0.3) is 11.8 Å². The average Bonchev–Trinajstić information content (AvgIpc) is 2.60. The van der Waals surface area contributed by atoms with Crippen LogP contribution in [0, 0.1) is 0 Å². The molecule has 0 aromatic heterocycles. The maximum absolute atomic E-state index is 12.0. The standard InChI is InChI=1S/C17H18N2O3S/c1-12(23-15-10-8-14(22-2)9-11-15)16(20)18-19-17(21)13-6-4-3-5-7-13/h3-12H,1-2H3,(H,18,20)(H,19,21). The third-order valence-corrected chi connectivity index (χ3v) is 4.19. The number of thioether (sulfide) groups is 1. The van der Waals surface area contributed by atoms with Crippen LogP contribution in [0.15, 0.2) is 59.5 Å². The first kappa shape index (κ1) is 16.9. The van der Waals surface area contributed by atoms with Gasteiger partial charge in [0.05, 0.1) is 12.4 Å². The predicted molar refractivity (Wildman–Crippen MR) is 90.4 cm³/mol. The fourth-order valence-corrected chi connectivity index (χ4v) is 2.66. The monoisotopic (exact) mass is 330 g/mol. The molecular weight excluding hydrogens is 312 g/mol. The van der Waals surface area contributed by atoms with Gasteiger partial charge in [0, 0.05) is 10.5 Å². The topological polar surface area (TPSA) is 67.4 Å². The van der Waals surface area contributed by atoms with Gasteiger partial charge in [-0.05, 0) is 43.3 Å². The van der Waals surface area contributed by atoms with Crippen LogP contribution in [-0.2, 0) is 4.79 Å². The van der Waals surface area contributed by atoms with Crippen molar-refractivity contribution < 1.29 is 14.3 Å². The Balaban J connectivity index is 1.83. The van der Waals surface area contributed by atoms with E-state index in [1.54, 1.807) is 38.3 Å². The molecule has 120 valence electrons. The average molecular weight is 330 g/mol. The molecule has 5 nitrogen and oxygen atoms in total. The Morgan fingerprint density at radius 2 is 1.65 bits per heavy atom. The van der Waals surface area contributed by atoms with Gasteiger partial charge in [0.15, 0.2) is 0 Å². The van der Waals surface area contributed by atoms with E-state index in [-0.39, 0.29) is 17.1 Å². The van der Waals surface area contributed by atoms with Crippen molar-refractivity contribution in [1.29, 1.82) is 0 Å². The van der Waals surface area contributed by atoms with E-state index in [1.165, 1.54) is 11.8 Å². The summed E-state index contributed by atoms with van der Waals surface area (Å²) in [6.45, 7) is 1.78. The summed E-state index contributed by atoms with van der Waals surface area (Å²) in [7, 11) is 1.60. The van der Waals surface area contributed by atoms with Crippen molar-refractivity contribution in [3.05, 3.63) is 60.2 Å². The zero-order chi connectivity index (χ0) is 16.7. The van der Waals surface area contributed by atoms with Crippen molar-refractivity contribution in [1.82, 2.24) is 10.9 Å². The van der Waals surface area contributed by atoms with E-state index in [2.05, 4.69) is 10.9 Å². The van der Waals surface area contributed by atoms with Crippen LogP contribution in [0.25, 0.3) is 0 Å². The van der Waals surface area contributed by atoms with Gasteiger partial charge in [-0.3, -0.25) is 20.4 Å². The number of nitrogens with one attached hydrogen (secondary N) is 2. The first-order valence-electron chi connectivity index (χ1n) is 7.06. The highest BCUT2D eigenvalue weighted by Crippen LogP contribution is 2.25. The molecule has 0 bridgehead atoms. The van der Waals surface area contributed by atoms with Crippen LogP contribution < -0.4 is 15.6 Å². The van der Waals surface area contributed by atoms with E-state index in [9.17, 15) is 9.59 Å². The number of benzene rings is 2. The minimum absolute atomic E-state index is 0.268. The summed E-state index contributed by atoms with van der Waals surface area (Å²) >= 11 is 1.40. The van der Waals surface area contributed by atoms with E-state index < -0.39 is 0 Å². The molecule has 2 aromatic carbocycles. The van der Waals surface area contributed by atoms with Crippen molar-refractivity contribution in [3.8, 4) is 5.75 Å². The lowest BCUT2D eigenvalue weighted by atomic mass is 10.2. The Hall–Kier alpha value is -2.47. The summed E-state index contributed by atoms with van der Waals surface area (Å²) in [6.07, 6.45) is 0. The van der Waals surface area contributed by atoms with E-state index in [0.29, 0.717) is 5.56 Å². The molecule has 2 N–H and O–H groups in total. The Kier molecular flexibility index (Phi) is 6.05. The number of carbonyl (C=O) groups excluding carboxylic acids is 2. The SMILES string of the molecule is COc1ccc(SC(C)C(=O)NNC(=O)c2ccccc2)cc1. The molecule has 6 heteroatoms. The maximum Gasteiger partial charge on any atom is 0.269 e. The molecule has 2 amide bonds. The highest BCUT2D eigenvalue weighted by atomic mass is 32.2. The number of methoxy groups -OCH3 is 1. The highest BCUT2D eigenvalue weighted by Gasteiger charge is 2.15. The number of hydrogen-bond donors (Lipinski definition) is 2. The lowest BCUT2D eigenvalue weighted by molar-refractivity contribution is -0.121. The van der Waals surface area contributed by atoms with Gasteiger partial charge in [-0.25, -0.2) is 0 Å². The van der Waals surface area contributed by atoms with Gasteiger partial charge in [0.2, 0.25) is 0 Å². The number of carbonyl (C=O) groups is 2. The third-order valence-electron chi connectivity index (χ3n) is 3.08. The maximum atomic E-state index is 12.0. The smallest absolute Gasteiger partial charge is 0.269 e. The van der Waals surface area contributed by atoms with Crippen LogP contribution in [0.1, 0.15) is 17.3 Å². The number of hydrogen-bond acceptors (Lipinski definition) is 4. The Morgan fingerprint density at radius 1 is 1.00 bits per heavy atom. The van der Waals surface area contributed by atoms with Crippen LogP contribution in [0.5, 0.6) is 5.75 Å². The Bertz CT molecular complexity index is 659. The van der Waals surface area contributed by atoms with Crippen LogP contribution in [0.3, 0.4) is 0 Å². The summed E-state index contributed by atoms with van der Waals surface area (Å²) in [5.41, 5.74) is 5.34. The molecule has 0 aliphatic rings. The number of amides is 2. The van der Waals surface area contributed by atoms with Gasteiger partial charge in [-0.2, -0.15) is 0 Å². The van der Waals surface area contributed by atoms with E-state index in [1.807, 2.05) is 30.3 Å². The minimum atomic E-state index is -0.348. The van der Waals surface area contributed by atoms with Gasteiger partial charge >= 0.3 is 0 Å². The first-order valence-corrected chi connectivity index (χ1v) is 7.94. The molecule has 2 aromatic rings. The molecule has 2 rings (SSSR count). The van der Waals surface area contributed by atoms with E-state index >= 15 is 0 Å². The van der Waals surface area contributed by atoms with Crippen molar-refractivity contribution in [3.63, 3.8) is 0 Å². The quantitative estimate of drug-likeness (QED) is 0.653. The summed E-state index contributed by atoms with van der Waals surface area (Å²) < 4.78 is 5.09. The zero-order valence-electron chi connectivity index (χ0n) is 12.9. The second-order valence-corrected chi connectivity index (χ2v) is 6.16. The fraction of sp³-hybridized carbons (Fsp3) is 0.176. The molecule has 0 fully saturated rings. The molecule has 0 heterocycles. The normalized spacial score (nSPS) is 11.4. The third kappa shape index (κ3) is 5.03. The molecular formula is C17H18N2O3S. The second-order valence-electron chi connectivity index (χ2n) is 4.75.